The maximum atomic E-state index is 2.42. The van der Waals surface area contributed by atoms with Crippen molar-refractivity contribution in [2.75, 3.05) is 4.90 Å². The molecule has 2 nitrogen and oxygen atoms in total. The van der Waals surface area contributed by atoms with E-state index in [-0.39, 0.29) is 5.41 Å². The normalized spacial score (nSPS) is 12.7. The van der Waals surface area contributed by atoms with Crippen LogP contribution in [-0.4, -0.2) is 4.57 Å². The van der Waals surface area contributed by atoms with Crippen LogP contribution in [0.5, 0.6) is 0 Å². The van der Waals surface area contributed by atoms with Crippen LogP contribution in [0.25, 0.3) is 105 Å². The monoisotopic (exact) mass is 1000 g/mol. The minimum atomic E-state index is -0.390. The van der Waals surface area contributed by atoms with Crippen LogP contribution in [0.2, 0.25) is 0 Å². The molecule has 16 rings (SSSR count). The Morgan fingerprint density at radius 3 is 1.25 bits per heavy atom. The van der Waals surface area contributed by atoms with Crippen LogP contribution < -0.4 is 4.90 Å². The van der Waals surface area contributed by atoms with Crippen molar-refractivity contribution in [1.82, 2.24) is 4.57 Å². The molecule has 1 aromatic heterocycles. The van der Waals surface area contributed by atoms with E-state index in [4.69, 9.17) is 0 Å². The van der Waals surface area contributed by atoms with E-state index >= 15 is 0 Å². The lowest BCUT2D eigenvalue weighted by molar-refractivity contribution is 0.794. The minimum Gasteiger partial charge on any atom is -0.311 e. The average Bonchev–Trinajstić information content (AvgIpc) is 4.35. The Kier molecular flexibility index (Phi) is 10.2. The molecule has 0 unspecified atom stereocenters. The summed E-state index contributed by atoms with van der Waals surface area (Å²) in [5.74, 6) is 0. The van der Waals surface area contributed by atoms with E-state index < -0.39 is 0 Å². The summed E-state index contributed by atoms with van der Waals surface area (Å²) in [6.45, 7) is 0. The maximum absolute atomic E-state index is 2.42. The van der Waals surface area contributed by atoms with Gasteiger partial charge in [0, 0.05) is 33.4 Å². The predicted octanol–water partition coefficient (Wildman–Crippen LogP) is 20.4. The van der Waals surface area contributed by atoms with Crippen molar-refractivity contribution in [2.45, 2.75) is 5.41 Å². The molecule has 2 aliphatic rings. The molecule has 0 bridgehead atoms. The summed E-state index contributed by atoms with van der Waals surface area (Å²) in [5.41, 5.74) is 26.7. The van der Waals surface area contributed by atoms with Crippen molar-refractivity contribution in [3.05, 3.63) is 326 Å². The van der Waals surface area contributed by atoms with Crippen molar-refractivity contribution in [3.63, 3.8) is 0 Å². The lowest BCUT2D eigenvalue weighted by atomic mass is 9.70. The van der Waals surface area contributed by atoms with E-state index in [0.717, 1.165) is 22.6 Å². The van der Waals surface area contributed by atoms with Gasteiger partial charge in [0.1, 0.15) is 0 Å². The largest absolute Gasteiger partial charge is 0.311 e. The van der Waals surface area contributed by atoms with Gasteiger partial charge in [-0.25, -0.2) is 0 Å². The first-order valence-electron chi connectivity index (χ1n) is 27.4. The molecular weight excluding hydrogens is 953 g/mol. The lowest BCUT2D eigenvalue weighted by Gasteiger charge is -2.30. The summed E-state index contributed by atoms with van der Waals surface area (Å²) < 4.78 is 2.42. The van der Waals surface area contributed by atoms with Crippen LogP contribution >= 0.6 is 0 Å². The number of hydrogen-bond acceptors (Lipinski definition) is 1. The Balaban J connectivity index is 0.766. The van der Waals surface area contributed by atoms with E-state index in [1.54, 1.807) is 0 Å². The summed E-state index contributed by atoms with van der Waals surface area (Å²) in [5, 5.41) is 5.01. The van der Waals surface area contributed by atoms with E-state index in [1.165, 1.54) is 122 Å². The molecule has 2 heteroatoms. The second-order valence-corrected chi connectivity index (χ2v) is 21.1. The van der Waals surface area contributed by atoms with E-state index in [9.17, 15) is 0 Å². The van der Waals surface area contributed by atoms with Gasteiger partial charge in [0.2, 0.25) is 0 Å². The molecule has 13 aromatic carbocycles. The fraction of sp³-hybridized carbons (Fsp3) is 0.0130. The van der Waals surface area contributed by atoms with Crippen molar-refractivity contribution in [3.8, 4) is 72.4 Å². The third-order valence-electron chi connectivity index (χ3n) is 17.0. The molecule has 2 aliphatic carbocycles. The Morgan fingerprint density at radius 2 is 0.646 bits per heavy atom. The fourth-order valence-electron chi connectivity index (χ4n) is 13.5. The van der Waals surface area contributed by atoms with Crippen molar-refractivity contribution in [2.24, 2.45) is 0 Å². The second-order valence-electron chi connectivity index (χ2n) is 21.1. The summed E-state index contributed by atoms with van der Waals surface area (Å²) in [6.07, 6.45) is 0. The molecule has 1 spiro atoms. The molecule has 79 heavy (non-hydrogen) atoms. The van der Waals surface area contributed by atoms with Crippen molar-refractivity contribution >= 4 is 49.6 Å². The summed E-state index contributed by atoms with van der Waals surface area (Å²) in [6, 6.07) is 112. The van der Waals surface area contributed by atoms with Gasteiger partial charge in [-0.2, -0.15) is 0 Å². The van der Waals surface area contributed by atoms with Crippen LogP contribution in [-0.2, 0) is 5.41 Å². The zero-order chi connectivity index (χ0) is 52.0. The number of anilines is 3. The van der Waals surface area contributed by atoms with E-state index in [1.807, 2.05) is 0 Å². The smallest absolute Gasteiger partial charge is 0.0725 e. The first-order valence-corrected chi connectivity index (χ1v) is 27.4. The number of hydrogen-bond donors (Lipinski definition) is 0. The number of rotatable bonds is 8. The van der Waals surface area contributed by atoms with Gasteiger partial charge in [-0.15, -0.1) is 0 Å². The first kappa shape index (κ1) is 45.0. The highest BCUT2D eigenvalue weighted by atomic mass is 15.1. The Bertz CT molecular complexity index is 4600. The highest BCUT2D eigenvalue weighted by Gasteiger charge is 2.52. The van der Waals surface area contributed by atoms with Crippen molar-refractivity contribution in [1.29, 1.82) is 0 Å². The summed E-state index contributed by atoms with van der Waals surface area (Å²) in [7, 11) is 0. The van der Waals surface area contributed by atoms with Crippen molar-refractivity contribution < 1.29 is 0 Å². The molecule has 0 atom stereocenters. The van der Waals surface area contributed by atoms with E-state index in [2.05, 4.69) is 313 Å². The van der Waals surface area contributed by atoms with Crippen LogP contribution in [0, 0.1) is 0 Å². The van der Waals surface area contributed by atoms with Crippen LogP contribution in [0.4, 0.5) is 17.1 Å². The quantitative estimate of drug-likeness (QED) is 0.147. The molecule has 0 radical (unpaired) electrons. The molecule has 0 aliphatic heterocycles. The number of aromatic nitrogens is 1. The number of para-hydroxylation sites is 3. The maximum Gasteiger partial charge on any atom is 0.0725 e. The Labute approximate surface area is 460 Å². The molecule has 0 amide bonds. The summed E-state index contributed by atoms with van der Waals surface area (Å²) >= 11 is 0. The number of nitrogens with zero attached hydrogens (tertiary/aromatic N) is 2. The predicted molar refractivity (Wildman–Crippen MR) is 331 cm³/mol. The zero-order valence-electron chi connectivity index (χ0n) is 43.3. The zero-order valence-corrected chi connectivity index (χ0v) is 43.3. The van der Waals surface area contributed by atoms with Gasteiger partial charge in [0.05, 0.1) is 22.1 Å². The molecule has 0 saturated carbocycles. The minimum absolute atomic E-state index is 0.390. The van der Waals surface area contributed by atoms with E-state index in [0.29, 0.717) is 0 Å². The topological polar surface area (TPSA) is 8.17 Å². The standard InChI is InChI=1S/C77H50N2/c1-2-17-57-50-58(37-34-51(57)16-1)54-40-46-60(47-41-54)78(59-44-38-53(39-45-59)52-32-35-55(36-33-52)62-18-6-12-29-73(62)79-74-30-13-7-21-66(74)67-22-8-14-31-75(67)79)61-48-42-56(43-49-61)63-24-15-28-72-76(63)68-23-5-11-27-71(68)77(72)69-25-9-3-19-64(69)65-20-4-10-26-70(65)77/h1-50H. The third-order valence-corrected chi connectivity index (χ3v) is 17.0. The highest BCUT2D eigenvalue weighted by molar-refractivity contribution is 6.10. The molecule has 368 valence electrons. The molecule has 1 heterocycles. The highest BCUT2D eigenvalue weighted by Crippen LogP contribution is 2.64. The van der Waals surface area contributed by atoms with Gasteiger partial charge in [-0.05, 0) is 155 Å². The first-order chi connectivity index (χ1) is 39.2. The Hall–Kier alpha value is -10.3. The Morgan fingerprint density at radius 1 is 0.253 bits per heavy atom. The van der Waals surface area contributed by atoms with Crippen LogP contribution in [0.1, 0.15) is 22.3 Å². The average molecular weight is 1000 g/mol. The fourth-order valence-corrected chi connectivity index (χ4v) is 13.5. The van der Waals surface area contributed by atoms with Gasteiger partial charge < -0.3 is 9.47 Å². The van der Waals surface area contributed by atoms with Gasteiger partial charge >= 0.3 is 0 Å². The molecule has 0 N–H and O–H groups in total. The van der Waals surface area contributed by atoms with Gasteiger partial charge in [-0.3, -0.25) is 0 Å². The summed E-state index contributed by atoms with van der Waals surface area (Å²) in [4.78, 5) is 2.39. The molecule has 0 saturated heterocycles. The van der Waals surface area contributed by atoms with Crippen LogP contribution in [0.15, 0.2) is 303 Å². The molecular formula is C77H50N2. The molecule has 0 fully saturated rings. The van der Waals surface area contributed by atoms with Crippen LogP contribution in [0.3, 0.4) is 0 Å². The SMILES string of the molecule is c1ccc(-n2c3ccccc3c3ccccc32)c(-c2ccc(-c3ccc(N(c4ccc(-c5ccc6ccccc6c5)cc4)c4ccc(-c5cccc6c5-c5ccccc5C65c6ccccc6-c6ccccc65)cc4)cc3)cc2)c1. The van der Waals surface area contributed by atoms with Gasteiger partial charge in [0.25, 0.3) is 0 Å². The molecule has 14 aromatic rings. The van der Waals surface area contributed by atoms with Gasteiger partial charge in [-0.1, -0.05) is 243 Å². The number of benzene rings is 13. The third kappa shape index (κ3) is 6.91. The lowest BCUT2D eigenvalue weighted by Crippen LogP contribution is -2.25. The second kappa shape index (κ2) is 17.9. The van der Waals surface area contributed by atoms with Gasteiger partial charge in [0.15, 0.2) is 0 Å². The number of fused-ring (bicyclic) bond motifs is 14.